The largest absolute Gasteiger partial charge is 0.334 e. The molecular formula is C27H32N6OS. The normalized spacial score (nSPS) is 16.2. The lowest BCUT2D eigenvalue weighted by Crippen LogP contribution is -2.41. The van der Waals surface area contributed by atoms with Crippen LogP contribution in [-0.2, 0) is 12.0 Å². The van der Waals surface area contributed by atoms with E-state index < -0.39 is 0 Å². The van der Waals surface area contributed by atoms with Crippen LogP contribution in [0, 0.1) is 0 Å². The maximum Gasteiger partial charge on any atom is 0.322 e. The van der Waals surface area contributed by atoms with Crippen LogP contribution in [0.5, 0.6) is 0 Å². The topological polar surface area (TPSA) is 83.0 Å². The molecule has 3 aromatic rings. The average molecular weight is 489 g/mol. The summed E-state index contributed by atoms with van der Waals surface area (Å²) < 4.78 is 3.07. The number of amides is 2. The lowest BCUT2D eigenvalue weighted by Gasteiger charge is -2.24. The number of rotatable bonds is 6. The van der Waals surface area contributed by atoms with Crippen molar-refractivity contribution in [2.24, 2.45) is 0 Å². The van der Waals surface area contributed by atoms with Crippen LogP contribution in [0.1, 0.15) is 62.4 Å². The molecule has 3 heterocycles. The quantitative estimate of drug-likeness (QED) is 0.450. The predicted octanol–water partition coefficient (Wildman–Crippen LogP) is 5.43. The molecule has 1 saturated carbocycles. The molecule has 1 aliphatic heterocycles. The molecular weight excluding hydrogens is 456 g/mol. The first-order valence-corrected chi connectivity index (χ1v) is 13.1. The smallest absolute Gasteiger partial charge is 0.322 e. The number of nitrogens with one attached hydrogen (secondary N) is 2. The van der Waals surface area contributed by atoms with E-state index >= 15 is 0 Å². The Morgan fingerprint density at radius 1 is 1.14 bits per heavy atom. The van der Waals surface area contributed by atoms with Crippen LogP contribution in [0.4, 0.5) is 10.5 Å². The molecule has 2 amide bonds. The Balaban J connectivity index is 1.41. The SMILES string of the molecule is CNSc1ccc(CNC(=O)N2CC3(CCCC3)c3nc(-c4cncnc4C(C)C)ccc32)cc1. The second kappa shape index (κ2) is 9.95. The third-order valence-electron chi connectivity index (χ3n) is 7.09. The molecule has 0 unspecified atom stereocenters. The van der Waals surface area contributed by atoms with E-state index in [1.807, 2.05) is 24.2 Å². The molecule has 1 aromatic carbocycles. The molecule has 0 radical (unpaired) electrons. The van der Waals surface area contributed by atoms with E-state index in [0.717, 1.165) is 51.6 Å². The third-order valence-corrected chi connectivity index (χ3v) is 7.80. The predicted molar refractivity (Wildman–Crippen MR) is 140 cm³/mol. The highest BCUT2D eigenvalue weighted by Gasteiger charge is 2.47. The van der Waals surface area contributed by atoms with Gasteiger partial charge in [0.2, 0.25) is 0 Å². The molecule has 182 valence electrons. The van der Waals surface area contributed by atoms with Crippen LogP contribution in [0.15, 0.2) is 53.8 Å². The van der Waals surface area contributed by atoms with Gasteiger partial charge < -0.3 is 5.32 Å². The Morgan fingerprint density at radius 2 is 1.91 bits per heavy atom. The molecule has 0 saturated heterocycles. The van der Waals surface area contributed by atoms with Crippen LogP contribution in [0.3, 0.4) is 0 Å². The summed E-state index contributed by atoms with van der Waals surface area (Å²) >= 11 is 1.57. The zero-order valence-corrected chi connectivity index (χ0v) is 21.4. The van der Waals surface area contributed by atoms with Crippen LogP contribution >= 0.6 is 11.9 Å². The summed E-state index contributed by atoms with van der Waals surface area (Å²) in [6, 6.07) is 12.2. The van der Waals surface area contributed by atoms with Gasteiger partial charge in [0.05, 0.1) is 22.8 Å². The van der Waals surface area contributed by atoms with Gasteiger partial charge in [-0.2, -0.15) is 0 Å². The van der Waals surface area contributed by atoms with Gasteiger partial charge >= 0.3 is 6.03 Å². The molecule has 1 spiro atoms. The number of benzene rings is 1. The average Bonchev–Trinajstić information content (AvgIpc) is 3.48. The molecule has 2 aromatic heterocycles. The zero-order chi connectivity index (χ0) is 24.4. The Kier molecular flexibility index (Phi) is 6.75. The summed E-state index contributed by atoms with van der Waals surface area (Å²) in [4.78, 5) is 30.3. The maximum absolute atomic E-state index is 13.3. The molecule has 5 rings (SSSR count). The first kappa shape index (κ1) is 23.8. The van der Waals surface area contributed by atoms with Gasteiger partial charge in [0, 0.05) is 35.2 Å². The summed E-state index contributed by atoms with van der Waals surface area (Å²) in [7, 11) is 1.90. The van der Waals surface area contributed by atoms with E-state index in [-0.39, 0.29) is 17.4 Å². The Labute approximate surface area is 211 Å². The minimum absolute atomic E-state index is 0.0656. The van der Waals surface area contributed by atoms with Gasteiger partial charge in [-0.25, -0.2) is 19.7 Å². The van der Waals surface area contributed by atoms with E-state index in [4.69, 9.17) is 4.98 Å². The number of fused-ring (bicyclic) bond motifs is 2. The lowest BCUT2D eigenvalue weighted by atomic mass is 9.84. The Bertz CT molecular complexity index is 1210. The minimum atomic E-state index is -0.0671. The van der Waals surface area contributed by atoms with Gasteiger partial charge in [-0.15, -0.1) is 0 Å². The lowest BCUT2D eigenvalue weighted by molar-refractivity contribution is 0.245. The number of hydrogen-bond donors (Lipinski definition) is 2. The van der Waals surface area contributed by atoms with E-state index in [2.05, 4.69) is 64.2 Å². The molecule has 2 aliphatic rings. The molecule has 0 atom stereocenters. The van der Waals surface area contributed by atoms with Crippen molar-refractivity contribution in [3.63, 3.8) is 0 Å². The van der Waals surface area contributed by atoms with Crippen molar-refractivity contribution in [1.29, 1.82) is 0 Å². The van der Waals surface area contributed by atoms with Crippen molar-refractivity contribution in [2.45, 2.75) is 62.3 Å². The van der Waals surface area contributed by atoms with Crippen LogP contribution in [0.25, 0.3) is 11.3 Å². The summed E-state index contributed by atoms with van der Waals surface area (Å²) in [5.74, 6) is 0.275. The summed E-state index contributed by atoms with van der Waals surface area (Å²) in [5, 5.41) is 3.13. The number of nitrogens with zero attached hydrogens (tertiary/aromatic N) is 4. The monoisotopic (exact) mass is 488 g/mol. The number of urea groups is 1. The molecule has 8 heteroatoms. The first-order valence-electron chi connectivity index (χ1n) is 12.3. The molecule has 0 bridgehead atoms. The van der Waals surface area contributed by atoms with E-state index in [1.165, 1.54) is 12.8 Å². The molecule has 1 fully saturated rings. The highest BCUT2D eigenvalue weighted by molar-refractivity contribution is 7.97. The number of pyridine rings is 1. The second-order valence-electron chi connectivity index (χ2n) is 9.72. The van der Waals surface area contributed by atoms with Crippen molar-refractivity contribution >= 4 is 23.7 Å². The molecule has 1 aliphatic carbocycles. The van der Waals surface area contributed by atoms with Gasteiger partial charge in [0.15, 0.2) is 0 Å². The fourth-order valence-corrected chi connectivity index (χ4v) is 5.87. The fourth-order valence-electron chi connectivity index (χ4n) is 5.36. The van der Waals surface area contributed by atoms with Crippen molar-refractivity contribution < 1.29 is 4.79 Å². The Morgan fingerprint density at radius 3 is 2.63 bits per heavy atom. The van der Waals surface area contributed by atoms with Gasteiger partial charge in [-0.05, 0) is 67.6 Å². The van der Waals surface area contributed by atoms with Crippen LogP contribution < -0.4 is 14.9 Å². The van der Waals surface area contributed by atoms with Crippen molar-refractivity contribution in [1.82, 2.24) is 25.0 Å². The standard InChI is InChI=1S/C27H32N6OS/c1-18(2)24-21(15-29-17-31-24)22-10-11-23-25(32-22)27(12-4-5-13-27)16-33(23)26(34)30-14-19-6-8-20(9-7-19)35-28-3/h6-11,15,17-18,28H,4-5,12-14,16H2,1-3H3,(H,30,34). The van der Waals surface area contributed by atoms with Crippen molar-refractivity contribution in [3.05, 3.63) is 65.9 Å². The molecule has 35 heavy (non-hydrogen) atoms. The summed E-state index contributed by atoms with van der Waals surface area (Å²) in [6.45, 7) is 5.45. The number of hydrogen-bond acceptors (Lipinski definition) is 6. The maximum atomic E-state index is 13.3. The zero-order valence-electron chi connectivity index (χ0n) is 20.5. The van der Waals surface area contributed by atoms with Gasteiger partial charge in [0.25, 0.3) is 0 Å². The first-order chi connectivity index (χ1) is 17.0. The van der Waals surface area contributed by atoms with Crippen LogP contribution in [-0.4, -0.2) is 34.6 Å². The van der Waals surface area contributed by atoms with E-state index in [0.29, 0.717) is 13.1 Å². The fraction of sp³-hybridized carbons (Fsp3) is 0.407. The van der Waals surface area contributed by atoms with E-state index in [1.54, 1.807) is 18.3 Å². The number of aromatic nitrogens is 3. The van der Waals surface area contributed by atoms with Crippen molar-refractivity contribution in [3.8, 4) is 11.3 Å². The highest BCUT2D eigenvalue weighted by Crippen LogP contribution is 2.50. The summed E-state index contributed by atoms with van der Waals surface area (Å²) in [5.41, 5.74) is 5.85. The number of carbonyl (C=O) groups excluding carboxylic acids is 1. The van der Waals surface area contributed by atoms with Gasteiger partial charge in [-0.1, -0.05) is 38.8 Å². The second-order valence-corrected chi connectivity index (χ2v) is 10.8. The highest BCUT2D eigenvalue weighted by atomic mass is 32.2. The number of carbonyl (C=O) groups is 1. The molecule has 2 N–H and O–H groups in total. The van der Waals surface area contributed by atoms with Gasteiger partial charge in [-0.3, -0.25) is 9.62 Å². The minimum Gasteiger partial charge on any atom is -0.334 e. The molecule has 7 nitrogen and oxygen atoms in total. The van der Waals surface area contributed by atoms with Gasteiger partial charge in [0.1, 0.15) is 6.33 Å². The number of anilines is 1. The van der Waals surface area contributed by atoms with E-state index in [9.17, 15) is 4.79 Å². The van der Waals surface area contributed by atoms with Crippen LogP contribution in [0.2, 0.25) is 0 Å². The third kappa shape index (κ3) is 4.65. The Hall–Kier alpha value is -2.97. The summed E-state index contributed by atoms with van der Waals surface area (Å²) in [6.07, 6.45) is 7.93. The van der Waals surface area contributed by atoms with Crippen molar-refractivity contribution in [2.75, 3.05) is 18.5 Å².